The average Bonchev–Trinajstić information content (AvgIpc) is 3.22. The Morgan fingerprint density at radius 3 is 2.23 bits per heavy atom. The maximum atomic E-state index is 6.67. The molecule has 4 heterocycles. The number of ether oxygens (including phenoxy) is 6. The summed E-state index contributed by atoms with van der Waals surface area (Å²) in [4.78, 5) is 2.29. The maximum Gasteiger partial charge on any atom is 0.196 e. The first kappa shape index (κ1) is 19.4. The molecule has 0 amide bonds. The summed E-state index contributed by atoms with van der Waals surface area (Å²) in [5.41, 5.74) is 0. The lowest BCUT2D eigenvalue weighted by atomic mass is 9.92. The minimum absolute atomic E-state index is 0.106. The van der Waals surface area contributed by atoms with Crippen molar-refractivity contribution in [1.82, 2.24) is 4.90 Å². The van der Waals surface area contributed by atoms with Crippen LogP contribution in [0, 0.1) is 0 Å². The Hall–Kier alpha value is 0.0700. The van der Waals surface area contributed by atoms with Crippen LogP contribution >= 0.6 is 11.8 Å². The molecule has 0 aromatic heterocycles. The van der Waals surface area contributed by atoms with Crippen molar-refractivity contribution in [3.63, 3.8) is 0 Å². The lowest BCUT2D eigenvalue weighted by Gasteiger charge is -2.49. The fraction of sp³-hybridized carbons (Fsp3) is 1.00. The molecule has 0 N–H and O–H groups in total. The van der Waals surface area contributed by atoms with Gasteiger partial charge in [0.1, 0.15) is 23.7 Å². The Balaban J connectivity index is 1.64. The van der Waals surface area contributed by atoms with E-state index in [9.17, 15) is 0 Å². The molecule has 0 aromatic carbocycles. The molecule has 4 aliphatic rings. The first-order chi connectivity index (χ1) is 12.1. The smallest absolute Gasteiger partial charge is 0.196 e. The van der Waals surface area contributed by atoms with Gasteiger partial charge in [-0.25, -0.2) is 0 Å². The SMILES string of the molecule is CO[C@]1(C2SCCN2C)C[C@H]2OC(C)(C)O[C@H]2[C@@H]([C@H]2COC(C)(C)O2)O1. The summed E-state index contributed by atoms with van der Waals surface area (Å²) in [5.74, 6) is -0.968. The van der Waals surface area contributed by atoms with Gasteiger partial charge in [-0.3, -0.25) is 4.90 Å². The lowest BCUT2D eigenvalue weighted by molar-refractivity contribution is -0.321. The summed E-state index contributed by atoms with van der Waals surface area (Å²) in [6.45, 7) is 9.23. The van der Waals surface area contributed by atoms with Crippen LogP contribution < -0.4 is 0 Å². The van der Waals surface area contributed by atoms with E-state index in [0.29, 0.717) is 13.0 Å². The molecular weight excluding hydrogens is 358 g/mol. The van der Waals surface area contributed by atoms with E-state index in [1.165, 1.54) is 0 Å². The Labute approximate surface area is 159 Å². The molecule has 6 atom stereocenters. The quantitative estimate of drug-likeness (QED) is 0.724. The van der Waals surface area contributed by atoms with E-state index in [-0.39, 0.29) is 29.8 Å². The molecule has 1 unspecified atom stereocenters. The van der Waals surface area contributed by atoms with Crippen molar-refractivity contribution in [1.29, 1.82) is 0 Å². The van der Waals surface area contributed by atoms with Gasteiger partial charge in [-0.05, 0) is 34.7 Å². The molecule has 0 aliphatic carbocycles. The second kappa shape index (κ2) is 6.56. The topological polar surface area (TPSA) is 58.6 Å². The summed E-state index contributed by atoms with van der Waals surface area (Å²) in [7, 11) is 3.84. The van der Waals surface area contributed by atoms with Gasteiger partial charge in [-0.1, -0.05) is 0 Å². The number of rotatable bonds is 3. The molecule has 4 saturated heterocycles. The largest absolute Gasteiger partial charge is 0.351 e. The third kappa shape index (κ3) is 3.33. The molecule has 0 bridgehead atoms. The van der Waals surface area contributed by atoms with Crippen LogP contribution in [0.15, 0.2) is 0 Å². The summed E-state index contributed by atoms with van der Waals surface area (Å²) in [6.07, 6.45) is -0.209. The van der Waals surface area contributed by atoms with Crippen LogP contribution in [0.5, 0.6) is 0 Å². The van der Waals surface area contributed by atoms with Gasteiger partial charge >= 0.3 is 0 Å². The van der Waals surface area contributed by atoms with Crippen molar-refractivity contribution in [3.05, 3.63) is 0 Å². The van der Waals surface area contributed by atoms with Crippen molar-refractivity contribution in [2.75, 3.05) is 33.1 Å². The van der Waals surface area contributed by atoms with Gasteiger partial charge in [0.05, 0.1) is 12.7 Å². The molecule has 7 nitrogen and oxygen atoms in total. The van der Waals surface area contributed by atoms with E-state index in [1.807, 2.05) is 39.5 Å². The summed E-state index contributed by atoms with van der Waals surface area (Å²) in [6, 6.07) is 0. The highest BCUT2D eigenvalue weighted by Crippen LogP contribution is 2.48. The number of fused-ring (bicyclic) bond motifs is 1. The highest BCUT2D eigenvalue weighted by molar-refractivity contribution is 8.00. The van der Waals surface area contributed by atoms with E-state index < -0.39 is 17.4 Å². The van der Waals surface area contributed by atoms with Crippen molar-refractivity contribution < 1.29 is 28.4 Å². The molecule has 0 saturated carbocycles. The van der Waals surface area contributed by atoms with E-state index in [1.54, 1.807) is 7.11 Å². The van der Waals surface area contributed by atoms with Crippen molar-refractivity contribution in [2.45, 2.75) is 81.3 Å². The van der Waals surface area contributed by atoms with Gasteiger partial charge in [0.25, 0.3) is 0 Å². The molecule has 4 aliphatic heterocycles. The van der Waals surface area contributed by atoms with Crippen LogP contribution in [-0.2, 0) is 28.4 Å². The lowest BCUT2D eigenvalue weighted by Crippen LogP contribution is -2.63. The molecule has 4 rings (SSSR count). The average molecular weight is 390 g/mol. The van der Waals surface area contributed by atoms with Crippen LogP contribution in [0.2, 0.25) is 0 Å². The molecular formula is C18H31NO6S. The molecule has 150 valence electrons. The molecule has 4 fully saturated rings. The van der Waals surface area contributed by atoms with Gasteiger partial charge in [-0.2, -0.15) is 0 Å². The Morgan fingerprint density at radius 1 is 0.962 bits per heavy atom. The standard InChI is InChI=1S/C18H31NO6S/c1-16(2)21-10-12(23-16)14-13-11(22-17(3,4)24-13)9-18(20-6,25-14)15-19(5)7-8-26-15/h11-15H,7-10H2,1-6H3/t11-,12-,13-,14-,15?,18-/m1/s1. The Morgan fingerprint density at radius 2 is 1.65 bits per heavy atom. The van der Waals surface area contributed by atoms with Gasteiger partial charge in [0.15, 0.2) is 17.4 Å². The van der Waals surface area contributed by atoms with E-state index in [0.717, 1.165) is 12.3 Å². The minimum Gasteiger partial charge on any atom is -0.351 e. The number of likely N-dealkylation sites (N-methyl/N-ethyl adjacent to an activating group) is 1. The summed E-state index contributed by atoms with van der Waals surface area (Å²) in [5, 5.41) is 0.110. The Kier molecular flexibility index (Phi) is 4.89. The first-order valence-electron chi connectivity index (χ1n) is 9.37. The van der Waals surface area contributed by atoms with Crippen molar-refractivity contribution in [3.8, 4) is 0 Å². The molecule has 8 heteroatoms. The van der Waals surface area contributed by atoms with E-state index in [4.69, 9.17) is 28.4 Å². The normalized spacial score (nSPS) is 48.0. The summed E-state index contributed by atoms with van der Waals surface area (Å²) >= 11 is 1.87. The second-order valence-corrected chi connectivity index (χ2v) is 9.70. The van der Waals surface area contributed by atoms with Gasteiger partial charge in [0, 0.05) is 25.8 Å². The molecule has 26 heavy (non-hydrogen) atoms. The number of thioether (sulfide) groups is 1. The second-order valence-electron chi connectivity index (χ2n) is 8.51. The fourth-order valence-electron chi connectivity index (χ4n) is 4.50. The number of hydrogen-bond acceptors (Lipinski definition) is 8. The Bertz CT molecular complexity index is 546. The third-order valence-corrected chi connectivity index (χ3v) is 7.06. The fourth-order valence-corrected chi connectivity index (χ4v) is 5.98. The van der Waals surface area contributed by atoms with Crippen LogP contribution in [0.4, 0.5) is 0 Å². The van der Waals surface area contributed by atoms with Crippen LogP contribution in [-0.4, -0.2) is 85.1 Å². The minimum atomic E-state index is -0.762. The third-order valence-electron chi connectivity index (χ3n) is 5.61. The molecule has 0 aromatic rings. The van der Waals surface area contributed by atoms with Crippen LogP contribution in [0.1, 0.15) is 34.1 Å². The molecule has 0 radical (unpaired) electrons. The number of methoxy groups -OCH3 is 1. The number of hydrogen-bond donors (Lipinski definition) is 0. The highest BCUT2D eigenvalue weighted by atomic mass is 32.2. The van der Waals surface area contributed by atoms with E-state index >= 15 is 0 Å². The predicted octanol–water partition coefficient (Wildman–Crippen LogP) is 1.79. The first-order valence-corrected chi connectivity index (χ1v) is 10.4. The summed E-state index contributed by atoms with van der Waals surface area (Å²) < 4.78 is 37.1. The zero-order valence-corrected chi connectivity index (χ0v) is 17.3. The van der Waals surface area contributed by atoms with Gasteiger partial charge in [-0.15, -0.1) is 11.8 Å². The predicted molar refractivity (Wildman–Crippen MR) is 96.8 cm³/mol. The zero-order chi connectivity index (χ0) is 18.7. The molecule has 0 spiro atoms. The van der Waals surface area contributed by atoms with Crippen molar-refractivity contribution in [2.24, 2.45) is 0 Å². The van der Waals surface area contributed by atoms with Crippen molar-refractivity contribution >= 4 is 11.8 Å². The number of nitrogens with zero attached hydrogens (tertiary/aromatic N) is 1. The monoisotopic (exact) mass is 389 g/mol. The van der Waals surface area contributed by atoms with Crippen LogP contribution in [0.25, 0.3) is 0 Å². The van der Waals surface area contributed by atoms with Gasteiger partial charge < -0.3 is 28.4 Å². The van der Waals surface area contributed by atoms with Gasteiger partial charge in [0.2, 0.25) is 0 Å². The van der Waals surface area contributed by atoms with Crippen LogP contribution in [0.3, 0.4) is 0 Å². The highest BCUT2D eigenvalue weighted by Gasteiger charge is 2.61. The maximum absolute atomic E-state index is 6.67. The zero-order valence-electron chi connectivity index (χ0n) is 16.5. The van der Waals surface area contributed by atoms with E-state index in [2.05, 4.69) is 11.9 Å².